The maximum Gasteiger partial charge on any atom is 0.420 e. The summed E-state index contributed by atoms with van der Waals surface area (Å²) in [5.74, 6) is -11.2. The van der Waals surface area contributed by atoms with Crippen LogP contribution in [-0.4, -0.2) is 11.9 Å². The van der Waals surface area contributed by atoms with E-state index in [-0.39, 0.29) is 24.3 Å². The first kappa shape index (κ1) is 32.8. The third-order valence-corrected chi connectivity index (χ3v) is 5.33. The SMILES string of the molecule is Cc1cc(C(F)(F)F)c(OC(=O)C(C(=O)Oc2c(C)cc(C(F)(F)F)cc2C(F)(F)F)C(C)C)c(C(F)(F)F)c1. The Morgan fingerprint density at radius 3 is 1.32 bits per heavy atom. The number of carbonyl (C=O) groups is 2. The van der Waals surface area contributed by atoms with Crippen LogP contribution in [0.4, 0.5) is 52.7 Å². The van der Waals surface area contributed by atoms with E-state index in [2.05, 4.69) is 9.47 Å². The zero-order valence-corrected chi connectivity index (χ0v) is 20.6. The maximum absolute atomic E-state index is 13.5. The Kier molecular flexibility index (Phi) is 8.88. The molecule has 0 N–H and O–H groups in total. The molecule has 0 aliphatic carbocycles. The molecule has 0 radical (unpaired) electrons. The molecule has 2 aromatic carbocycles. The molecule has 1 atom stereocenters. The van der Waals surface area contributed by atoms with Gasteiger partial charge >= 0.3 is 36.6 Å². The van der Waals surface area contributed by atoms with E-state index in [0.717, 1.165) is 20.8 Å². The number of rotatable bonds is 5. The number of hydrogen-bond donors (Lipinski definition) is 0. The van der Waals surface area contributed by atoms with E-state index in [9.17, 15) is 62.3 Å². The van der Waals surface area contributed by atoms with Crippen LogP contribution >= 0.6 is 0 Å². The molecule has 0 aliphatic rings. The fourth-order valence-electron chi connectivity index (χ4n) is 3.56. The summed E-state index contributed by atoms with van der Waals surface area (Å²) in [4.78, 5) is 25.5. The number of alkyl halides is 12. The van der Waals surface area contributed by atoms with Crippen molar-refractivity contribution in [3.63, 3.8) is 0 Å². The number of aryl methyl sites for hydroxylation is 2. The van der Waals surface area contributed by atoms with Gasteiger partial charge in [-0.25, -0.2) is 0 Å². The number of halogens is 12. The number of carbonyl (C=O) groups excluding carboxylic acids is 2. The van der Waals surface area contributed by atoms with Crippen LogP contribution < -0.4 is 9.47 Å². The van der Waals surface area contributed by atoms with Crippen LogP contribution in [0.5, 0.6) is 11.5 Å². The van der Waals surface area contributed by atoms with E-state index in [1.54, 1.807) is 0 Å². The molecule has 0 saturated carbocycles. The van der Waals surface area contributed by atoms with Gasteiger partial charge in [-0.05, 0) is 55.2 Å². The largest absolute Gasteiger partial charge is 0.425 e. The highest BCUT2D eigenvalue weighted by Crippen LogP contribution is 2.46. The van der Waals surface area contributed by atoms with Gasteiger partial charge in [-0.3, -0.25) is 9.59 Å². The van der Waals surface area contributed by atoms with Gasteiger partial charge in [0.2, 0.25) is 0 Å². The van der Waals surface area contributed by atoms with E-state index in [0.29, 0.717) is 6.92 Å². The van der Waals surface area contributed by atoms with Crippen molar-refractivity contribution in [1.82, 2.24) is 0 Å². The van der Waals surface area contributed by atoms with Gasteiger partial charge < -0.3 is 9.47 Å². The van der Waals surface area contributed by atoms with Crippen LogP contribution in [0.1, 0.15) is 47.2 Å². The number of benzene rings is 2. The lowest BCUT2D eigenvalue weighted by Crippen LogP contribution is -2.36. The summed E-state index contributed by atoms with van der Waals surface area (Å²) in [6.07, 6.45) is -21.7. The van der Waals surface area contributed by atoms with E-state index in [1.807, 2.05) is 0 Å². The average molecular weight is 598 g/mol. The summed E-state index contributed by atoms with van der Waals surface area (Å²) in [6, 6.07) is 0.317. The molecule has 40 heavy (non-hydrogen) atoms. The first-order valence-electron chi connectivity index (χ1n) is 10.9. The van der Waals surface area contributed by atoms with Crippen molar-refractivity contribution < 1.29 is 71.7 Å². The quantitative estimate of drug-likeness (QED) is 0.151. The zero-order valence-electron chi connectivity index (χ0n) is 20.6. The summed E-state index contributed by atoms with van der Waals surface area (Å²) >= 11 is 0. The second-order valence-electron chi connectivity index (χ2n) is 8.91. The molecule has 1 unspecified atom stereocenters. The summed E-state index contributed by atoms with van der Waals surface area (Å²) in [5.41, 5.74) is -9.25. The number of hydrogen-bond acceptors (Lipinski definition) is 4. The van der Waals surface area contributed by atoms with E-state index < -0.39 is 93.4 Å². The second kappa shape index (κ2) is 10.8. The number of ether oxygens (including phenoxy) is 2. The minimum absolute atomic E-state index is 0.206. The maximum atomic E-state index is 13.5. The third-order valence-electron chi connectivity index (χ3n) is 5.33. The fourth-order valence-corrected chi connectivity index (χ4v) is 3.56. The Hall–Kier alpha value is -3.46. The molecule has 4 nitrogen and oxygen atoms in total. The lowest BCUT2D eigenvalue weighted by Gasteiger charge is -2.23. The average Bonchev–Trinajstić information content (AvgIpc) is 2.72. The van der Waals surface area contributed by atoms with Gasteiger partial charge in [0, 0.05) is 0 Å². The van der Waals surface area contributed by atoms with Gasteiger partial charge in [-0.15, -0.1) is 0 Å². The molecule has 0 amide bonds. The minimum atomic E-state index is -5.51. The van der Waals surface area contributed by atoms with Gasteiger partial charge in [0.25, 0.3) is 0 Å². The van der Waals surface area contributed by atoms with Crippen LogP contribution in [-0.2, 0) is 34.3 Å². The molecule has 0 heterocycles. The van der Waals surface area contributed by atoms with Crippen molar-refractivity contribution in [2.75, 3.05) is 0 Å². The number of esters is 2. The Morgan fingerprint density at radius 2 is 0.975 bits per heavy atom. The third kappa shape index (κ3) is 7.38. The van der Waals surface area contributed by atoms with Crippen molar-refractivity contribution >= 4 is 11.9 Å². The molecule has 0 bridgehead atoms. The van der Waals surface area contributed by atoms with Crippen LogP contribution in [0.2, 0.25) is 0 Å². The minimum Gasteiger partial charge on any atom is -0.425 e. The fraction of sp³-hybridized carbons (Fsp3) is 0.417. The predicted molar refractivity (Wildman–Crippen MR) is 112 cm³/mol. The molecule has 0 fully saturated rings. The first-order chi connectivity index (χ1) is 17.9. The van der Waals surface area contributed by atoms with Crippen LogP contribution in [0, 0.1) is 25.7 Å². The van der Waals surface area contributed by atoms with Gasteiger partial charge in [-0.2, -0.15) is 52.7 Å². The lowest BCUT2D eigenvalue weighted by atomic mass is 9.95. The second-order valence-corrected chi connectivity index (χ2v) is 8.91. The molecular formula is C24H18F12O4. The van der Waals surface area contributed by atoms with Gasteiger partial charge in [0.15, 0.2) is 11.7 Å². The van der Waals surface area contributed by atoms with Crippen LogP contribution in [0.15, 0.2) is 24.3 Å². The van der Waals surface area contributed by atoms with Gasteiger partial charge in [0.1, 0.15) is 5.75 Å². The monoisotopic (exact) mass is 598 g/mol. The molecule has 0 spiro atoms. The molecule has 0 saturated heterocycles. The molecule has 222 valence electrons. The van der Waals surface area contributed by atoms with E-state index in [4.69, 9.17) is 0 Å². The van der Waals surface area contributed by atoms with Crippen LogP contribution in [0.3, 0.4) is 0 Å². The summed E-state index contributed by atoms with van der Waals surface area (Å²) < 4.78 is 170. The molecule has 16 heteroatoms. The lowest BCUT2D eigenvalue weighted by molar-refractivity contribution is -0.156. The van der Waals surface area contributed by atoms with Crippen molar-refractivity contribution in [2.24, 2.45) is 11.8 Å². The molecule has 0 aromatic heterocycles. The molecule has 2 rings (SSSR count). The van der Waals surface area contributed by atoms with Gasteiger partial charge in [0.05, 0.1) is 22.3 Å². The van der Waals surface area contributed by atoms with Crippen molar-refractivity contribution in [2.45, 2.75) is 52.4 Å². The zero-order chi connectivity index (χ0) is 31.2. The van der Waals surface area contributed by atoms with Gasteiger partial charge in [-0.1, -0.05) is 13.8 Å². The van der Waals surface area contributed by atoms with Crippen LogP contribution in [0.25, 0.3) is 0 Å². The Morgan fingerprint density at radius 1 is 0.600 bits per heavy atom. The summed E-state index contributed by atoms with van der Waals surface area (Å²) in [5, 5.41) is 0. The smallest absolute Gasteiger partial charge is 0.420 e. The van der Waals surface area contributed by atoms with E-state index >= 15 is 0 Å². The first-order valence-corrected chi connectivity index (χ1v) is 10.9. The summed E-state index contributed by atoms with van der Waals surface area (Å²) in [6.45, 7) is 3.70. The molecule has 2 aromatic rings. The Labute approximate surface area is 217 Å². The predicted octanol–water partition coefficient (Wildman–Crippen LogP) is 8.16. The topological polar surface area (TPSA) is 52.6 Å². The highest BCUT2D eigenvalue weighted by atomic mass is 19.4. The summed E-state index contributed by atoms with van der Waals surface area (Å²) in [7, 11) is 0. The van der Waals surface area contributed by atoms with E-state index in [1.165, 1.54) is 0 Å². The highest BCUT2D eigenvalue weighted by Gasteiger charge is 2.46. The van der Waals surface area contributed by atoms with Crippen molar-refractivity contribution in [3.8, 4) is 11.5 Å². The van der Waals surface area contributed by atoms with Crippen molar-refractivity contribution in [1.29, 1.82) is 0 Å². The Bertz CT molecular complexity index is 1250. The normalized spacial score (nSPS) is 13.8. The standard InChI is InChI=1S/C24H18F12O4/c1-9(2)16(19(37)39-17-11(4)7-12(21(25,26)27)8-15(17)24(34,35)36)20(38)40-18-13(22(28,29)30)5-10(3)6-14(18)23(31,32)33/h5-9,16H,1-4H3. The Balaban J connectivity index is 2.60. The molecular weight excluding hydrogens is 580 g/mol. The highest BCUT2D eigenvalue weighted by molar-refractivity contribution is 5.97. The molecule has 0 aliphatic heterocycles. The van der Waals surface area contributed by atoms with Crippen molar-refractivity contribution in [3.05, 3.63) is 57.6 Å².